The Balaban J connectivity index is 3.65. The third-order valence-corrected chi connectivity index (χ3v) is 2.94. The Kier molecular flexibility index (Phi) is 7.29. The molecule has 2 heteroatoms. The van der Waals surface area contributed by atoms with E-state index < -0.39 is 0 Å². The second kappa shape index (κ2) is 7.34. The van der Waals surface area contributed by atoms with Crippen molar-refractivity contribution in [2.75, 3.05) is 13.6 Å². The van der Waals surface area contributed by atoms with E-state index in [-0.39, 0.29) is 0 Å². The standard InChI is InChI=1S/C11H26N2/c1-5-10(12)8-9-13(4)11(6-2)7-3/h10-11H,5-9,12H2,1-4H3. The van der Waals surface area contributed by atoms with Crippen LogP contribution in [0.15, 0.2) is 0 Å². The van der Waals surface area contributed by atoms with Crippen LogP contribution in [0.2, 0.25) is 0 Å². The van der Waals surface area contributed by atoms with Gasteiger partial charge >= 0.3 is 0 Å². The van der Waals surface area contributed by atoms with Gasteiger partial charge in [-0.25, -0.2) is 0 Å². The molecule has 0 heterocycles. The lowest BCUT2D eigenvalue weighted by Gasteiger charge is -2.26. The summed E-state index contributed by atoms with van der Waals surface area (Å²) >= 11 is 0. The summed E-state index contributed by atoms with van der Waals surface area (Å²) in [5.74, 6) is 0. The summed E-state index contributed by atoms with van der Waals surface area (Å²) in [6.07, 6.45) is 4.71. The van der Waals surface area contributed by atoms with Crippen LogP contribution in [0.5, 0.6) is 0 Å². The van der Waals surface area contributed by atoms with Gasteiger partial charge in [-0.1, -0.05) is 20.8 Å². The Morgan fingerprint density at radius 1 is 1.08 bits per heavy atom. The number of nitrogens with zero attached hydrogens (tertiary/aromatic N) is 1. The molecule has 0 aliphatic rings. The Bertz CT molecular complexity index is 111. The lowest BCUT2D eigenvalue weighted by Crippen LogP contribution is -2.34. The summed E-state index contributed by atoms with van der Waals surface area (Å²) in [6.45, 7) is 7.80. The fourth-order valence-corrected chi connectivity index (χ4v) is 1.67. The molecule has 0 aliphatic heterocycles. The molecule has 80 valence electrons. The van der Waals surface area contributed by atoms with Crippen LogP contribution in [0.3, 0.4) is 0 Å². The SMILES string of the molecule is CCC(N)CCN(C)C(CC)CC. The predicted molar refractivity (Wildman–Crippen MR) is 59.9 cm³/mol. The van der Waals surface area contributed by atoms with E-state index in [0.29, 0.717) is 6.04 Å². The third-order valence-electron chi connectivity index (χ3n) is 2.94. The highest BCUT2D eigenvalue weighted by atomic mass is 15.1. The van der Waals surface area contributed by atoms with Gasteiger partial charge in [-0.2, -0.15) is 0 Å². The summed E-state index contributed by atoms with van der Waals surface area (Å²) in [5, 5.41) is 0. The molecule has 0 aliphatic carbocycles. The van der Waals surface area contributed by atoms with Crippen LogP contribution in [-0.2, 0) is 0 Å². The monoisotopic (exact) mass is 186 g/mol. The molecule has 0 fully saturated rings. The van der Waals surface area contributed by atoms with Crippen LogP contribution in [0.4, 0.5) is 0 Å². The fourth-order valence-electron chi connectivity index (χ4n) is 1.67. The van der Waals surface area contributed by atoms with Gasteiger partial charge in [0.1, 0.15) is 0 Å². The zero-order chi connectivity index (χ0) is 10.3. The maximum Gasteiger partial charge on any atom is 0.00869 e. The van der Waals surface area contributed by atoms with Crippen molar-refractivity contribution in [1.29, 1.82) is 0 Å². The molecule has 2 N–H and O–H groups in total. The average molecular weight is 186 g/mol. The van der Waals surface area contributed by atoms with Gasteiger partial charge in [-0.15, -0.1) is 0 Å². The van der Waals surface area contributed by atoms with Gasteiger partial charge < -0.3 is 10.6 Å². The smallest absolute Gasteiger partial charge is 0.00869 e. The van der Waals surface area contributed by atoms with Crippen LogP contribution >= 0.6 is 0 Å². The Morgan fingerprint density at radius 3 is 2.00 bits per heavy atom. The number of nitrogens with two attached hydrogens (primary N) is 1. The Hall–Kier alpha value is -0.0800. The first kappa shape index (κ1) is 12.9. The van der Waals surface area contributed by atoms with Crippen LogP contribution < -0.4 is 5.73 Å². The van der Waals surface area contributed by atoms with E-state index in [1.807, 2.05) is 0 Å². The summed E-state index contributed by atoms with van der Waals surface area (Å²) < 4.78 is 0. The highest BCUT2D eigenvalue weighted by Gasteiger charge is 2.10. The quantitative estimate of drug-likeness (QED) is 0.660. The van der Waals surface area contributed by atoms with E-state index in [1.165, 1.54) is 12.8 Å². The number of hydrogen-bond donors (Lipinski definition) is 1. The zero-order valence-corrected chi connectivity index (χ0v) is 9.71. The van der Waals surface area contributed by atoms with Gasteiger partial charge in [-0.05, 0) is 39.3 Å². The van der Waals surface area contributed by atoms with E-state index in [9.17, 15) is 0 Å². The third kappa shape index (κ3) is 5.27. The molecule has 0 radical (unpaired) electrons. The molecule has 0 rings (SSSR count). The van der Waals surface area contributed by atoms with Gasteiger partial charge in [0.25, 0.3) is 0 Å². The molecule has 13 heavy (non-hydrogen) atoms. The normalized spacial score (nSPS) is 14.1. The molecule has 0 spiro atoms. The van der Waals surface area contributed by atoms with Crippen molar-refractivity contribution in [2.24, 2.45) is 5.73 Å². The van der Waals surface area contributed by atoms with E-state index >= 15 is 0 Å². The first-order valence-corrected chi connectivity index (χ1v) is 5.61. The van der Waals surface area contributed by atoms with Gasteiger partial charge in [0.15, 0.2) is 0 Å². The second-order valence-electron chi connectivity index (χ2n) is 3.91. The molecule has 0 saturated heterocycles. The van der Waals surface area contributed by atoms with Crippen molar-refractivity contribution in [1.82, 2.24) is 4.90 Å². The maximum absolute atomic E-state index is 5.88. The summed E-state index contributed by atoms with van der Waals surface area (Å²) in [7, 11) is 2.21. The summed E-state index contributed by atoms with van der Waals surface area (Å²) in [6, 6.07) is 1.13. The molecule has 0 aromatic heterocycles. The minimum Gasteiger partial charge on any atom is -0.328 e. The van der Waals surface area contributed by atoms with Crippen molar-refractivity contribution in [3.63, 3.8) is 0 Å². The minimum absolute atomic E-state index is 0.386. The number of rotatable bonds is 7. The lowest BCUT2D eigenvalue weighted by molar-refractivity contribution is 0.221. The van der Waals surface area contributed by atoms with E-state index in [1.54, 1.807) is 0 Å². The largest absolute Gasteiger partial charge is 0.328 e. The van der Waals surface area contributed by atoms with Gasteiger partial charge in [0.05, 0.1) is 0 Å². The first-order valence-electron chi connectivity index (χ1n) is 5.61. The zero-order valence-electron chi connectivity index (χ0n) is 9.71. The van der Waals surface area contributed by atoms with Crippen LogP contribution in [0.1, 0.15) is 46.5 Å². The van der Waals surface area contributed by atoms with Gasteiger partial charge in [0.2, 0.25) is 0 Å². The topological polar surface area (TPSA) is 29.3 Å². The highest BCUT2D eigenvalue weighted by molar-refractivity contribution is 4.68. The van der Waals surface area contributed by atoms with Crippen molar-refractivity contribution < 1.29 is 0 Å². The van der Waals surface area contributed by atoms with E-state index in [2.05, 4.69) is 32.7 Å². The molecule has 1 atom stereocenters. The average Bonchev–Trinajstić information content (AvgIpc) is 2.16. The van der Waals surface area contributed by atoms with Gasteiger partial charge in [-0.3, -0.25) is 0 Å². The summed E-state index contributed by atoms with van der Waals surface area (Å²) in [5.41, 5.74) is 5.88. The molecule has 0 amide bonds. The molecule has 0 saturated carbocycles. The van der Waals surface area contributed by atoms with Crippen molar-refractivity contribution >= 4 is 0 Å². The van der Waals surface area contributed by atoms with E-state index in [0.717, 1.165) is 25.4 Å². The fraction of sp³-hybridized carbons (Fsp3) is 1.00. The first-order chi connectivity index (χ1) is 6.15. The molecule has 2 nitrogen and oxygen atoms in total. The van der Waals surface area contributed by atoms with Crippen molar-refractivity contribution in [2.45, 2.75) is 58.5 Å². The molecular weight excluding hydrogens is 160 g/mol. The van der Waals surface area contributed by atoms with Gasteiger partial charge in [0, 0.05) is 12.1 Å². The molecule has 0 aromatic rings. The lowest BCUT2D eigenvalue weighted by atomic mass is 10.1. The van der Waals surface area contributed by atoms with E-state index in [4.69, 9.17) is 5.73 Å². The Labute approximate surface area is 83.5 Å². The molecule has 1 unspecified atom stereocenters. The van der Waals surface area contributed by atoms with Crippen LogP contribution in [0, 0.1) is 0 Å². The van der Waals surface area contributed by atoms with Crippen LogP contribution in [-0.4, -0.2) is 30.6 Å². The van der Waals surface area contributed by atoms with Crippen molar-refractivity contribution in [3.8, 4) is 0 Å². The second-order valence-corrected chi connectivity index (χ2v) is 3.91. The predicted octanol–water partition coefficient (Wildman–Crippen LogP) is 2.23. The summed E-state index contributed by atoms with van der Waals surface area (Å²) in [4.78, 5) is 2.44. The highest BCUT2D eigenvalue weighted by Crippen LogP contribution is 2.07. The maximum atomic E-state index is 5.88. The van der Waals surface area contributed by atoms with Crippen molar-refractivity contribution in [3.05, 3.63) is 0 Å². The molecule has 0 bridgehead atoms. The molecule has 0 aromatic carbocycles. The molecular formula is C11H26N2. The Morgan fingerprint density at radius 2 is 1.62 bits per heavy atom. The number of hydrogen-bond acceptors (Lipinski definition) is 2. The van der Waals surface area contributed by atoms with Crippen LogP contribution in [0.25, 0.3) is 0 Å². The minimum atomic E-state index is 0.386.